The number of carbonyl (C=O) groups is 3. The molecule has 3 aromatic rings. The van der Waals surface area contributed by atoms with Crippen LogP contribution in [0.4, 0.5) is 4.79 Å². The number of nitrogens with one attached hydrogen (secondary N) is 2. The minimum Gasteiger partial charge on any atom is -0.318 e. The summed E-state index contributed by atoms with van der Waals surface area (Å²) >= 11 is 1.22. The Balaban J connectivity index is 1.42. The number of imidazole rings is 1. The molecule has 0 radical (unpaired) electrons. The number of aromatic nitrogens is 2. The average molecular weight is 450 g/mol. The molecule has 0 bridgehead atoms. The molecule has 164 valence electrons. The van der Waals surface area contributed by atoms with Crippen molar-refractivity contribution in [3.63, 3.8) is 0 Å². The van der Waals surface area contributed by atoms with Crippen LogP contribution in [-0.2, 0) is 15.1 Å². The molecule has 8 nitrogen and oxygen atoms in total. The van der Waals surface area contributed by atoms with Crippen molar-refractivity contribution in [3.05, 3.63) is 77.6 Å². The smallest absolute Gasteiger partial charge is 0.318 e. The number of hydrogen-bond donors (Lipinski definition) is 2. The summed E-state index contributed by atoms with van der Waals surface area (Å²) in [5.41, 5.74) is 5.11. The number of hydrogen-bond acceptors (Lipinski definition) is 5. The summed E-state index contributed by atoms with van der Waals surface area (Å²) in [6.45, 7) is 5.70. The fourth-order valence-corrected chi connectivity index (χ4v) is 4.23. The Morgan fingerprint density at radius 1 is 1.12 bits per heavy atom. The summed E-state index contributed by atoms with van der Waals surface area (Å²) in [6.07, 6.45) is 3.49. The first-order valence-electron chi connectivity index (χ1n) is 10.0. The van der Waals surface area contributed by atoms with Crippen molar-refractivity contribution in [2.45, 2.75) is 31.5 Å². The van der Waals surface area contributed by atoms with Crippen LogP contribution in [-0.4, -0.2) is 38.2 Å². The van der Waals surface area contributed by atoms with Crippen LogP contribution in [0.5, 0.6) is 0 Å². The van der Waals surface area contributed by atoms with Crippen molar-refractivity contribution in [1.82, 2.24) is 25.3 Å². The number of rotatable bonds is 6. The number of urea groups is 1. The lowest BCUT2D eigenvalue weighted by molar-refractivity contribution is -0.138. The number of imide groups is 1. The van der Waals surface area contributed by atoms with Crippen molar-refractivity contribution < 1.29 is 14.4 Å². The minimum atomic E-state index is -1.24. The van der Waals surface area contributed by atoms with Gasteiger partial charge in [-0.15, -0.1) is 0 Å². The molecule has 2 heterocycles. The van der Waals surface area contributed by atoms with Crippen LogP contribution >= 0.6 is 11.8 Å². The van der Waals surface area contributed by atoms with Gasteiger partial charge >= 0.3 is 6.03 Å². The summed E-state index contributed by atoms with van der Waals surface area (Å²) in [5, 5.41) is 4.04. The number of benzene rings is 2. The van der Waals surface area contributed by atoms with Gasteiger partial charge < -0.3 is 5.32 Å². The molecule has 2 aromatic carbocycles. The summed E-state index contributed by atoms with van der Waals surface area (Å²) in [4.78, 5) is 42.2. The number of hydrazine groups is 1. The molecule has 1 saturated heterocycles. The third-order valence-corrected chi connectivity index (χ3v) is 6.45. The van der Waals surface area contributed by atoms with Gasteiger partial charge in [0.1, 0.15) is 5.54 Å². The van der Waals surface area contributed by atoms with E-state index in [1.165, 1.54) is 17.3 Å². The molecule has 2 N–H and O–H groups in total. The van der Waals surface area contributed by atoms with Gasteiger partial charge in [0.2, 0.25) is 5.91 Å². The number of amides is 4. The first kappa shape index (κ1) is 21.6. The van der Waals surface area contributed by atoms with Gasteiger partial charge in [0.15, 0.2) is 5.16 Å². The second-order valence-electron chi connectivity index (χ2n) is 7.73. The van der Waals surface area contributed by atoms with Crippen LogP contribution in [0.1, 0.15) is 23.6 Å². The molecular formula is C23H23N5O3S. The van der Waals surface area contributed by atoms with Gasteiger partial charge in [-0.3, -0.25) is 19.6 Å². The molecular weight excluding hydrogens is 426 g/mol. The van der Waals surface area contributed by atoms with Crippen LogP contribution < -0.4 is 10.7 Å². The predicted molar refractivity (Wildman–Crippen MR) is 121 cm³/mol. The zero-order chi connectivity index (χ0) is 22.9. The van der Waals surface area contributed by atoms with Crippen molar-refractivity contribution in [2.24, 2.45) is 0 Å². The van der Waals surface area contributed by atoms with E-state index in [0.29, 0.717) is 10.7 Å². The Labute approximate surface area is 190 Å². The first-order valence-corrected chi connectivity index (χ1v) is 11.0. The van der Waals surface area contributed by atoms with E-state index in [0.717, 1.165) is 16.3 Å². The molecule has 0 saturated carbocycles. The average Bonchev–Trinajstić information content (AvgIpc) is 3.34. The lowest BCUT2D eigenvalue weighted by atomic mass is 9.92. The lowest BCUT2D eigenvalue weighted by Gasteiger charge is -2.22. The molecule has 1 aliphatic rings. The van der Waals surface area contributed by atoms with Crippen LogP contribution in [0.15, 0.2) is 66.1 Å². The van der Waals surface area contributed by atoms with E-state index in [9.17, 15) is 14.4 Å². The topological polar surface area (TPSA) is 96.3 Å². The van der Waals surface area contributed by atoms with Gasteiger partial charge in [0, 0.05) is 18.1 Å². The first-order chi connectivity index (χ1) is 15.3. The zero-order valence-corrected chi connectivity index (χ0v) is 18.8. The highest BCUT2D eigenvalue weighted by Gasteiger charge is 2.49. The van der Waals surface area contributed by atoms with Crippen LogP contribution in [0.2, 0.25) is 0 Å². The Hall–Kier alpha value is -3.59. The van der Waals surface area contributed by atoms with E-state index < -0.39 is 23.4 Å². The molecule has 1 fully saturated rings. The summed E-state index contributed by atoms with van der Waals surface area (Å²) in [7, 11) is 0. The number of nitrogens with zero attached hydrogens (tertiary/aromatic N) is 3. The molecule has 4 rings (SSSR count). The second kappa shape index (κ2) is 8.51. The maximum atomic E-state index is 12.9. The molecule has 0 aliphatic carbocycles. The van der Waals surface area contributed by atoms with Gasteiger partial charge in [0.25, 0.3) is 5.91 Å². The third-order valence-electron chi connectivity index (χ3n) is 5.49. The van der Waals surface area contributed by atoms with Crippen molar-refractivity contribution in [1.29, 1.82) is 0 Å². The van der Waals surface area contributed by atoms with Gasteiger partial charge in [-0.2, -0.15) is 5.01 Å². The monoisotopic (exact) mass is 449 g/mol. The molecule has 4 amide bonds. The van der Waals surface area contributed by atoms with Crippen LogP contribution in [0, 0.1) is 13.8 Å². The highest BCUT2D eigenvalue weighted by Crippen LogP contribution is 2.28. The Bertz CT molecular complexity index is 1190. The van der Waals surface area contributed by atoms with E-state index in [1.807, 2.05) is 42.8 Å². The summed E-state index contributed by atoms with van der Waals surface area (Å²) < 4.78 is 1.89. The van der Waals surface area contributed by atoms with E-state index in [2.05, 4.69) is 21.8 Å². The molecule has 1 unspecified atom stereocenters. The second-order valence-corrected chi connectivity index (χ2v) is 8.68. The van der Waals surface area contributed by atoms with Gasteiger partial charge in [0.05, 0.1) is 5.75 Å². The normalized spacial score (nSPS) is 18.0. The fraction of sp³-hybridized carbons (Fsp3) is 0.217. The third kappa shape index (κ3) is 3.99. The van der Waals surface area contributed by atoms with Gasteiger partial charge in [-0.25, -0.2) is 9.78 Å². The number of aryl methyl sites for hydroxylation is 2. The molecule has 1 atom stereocenters. The Morgan fingerprint density at radius 2 is 1.88 bits per heavy atom. The van der Waals surface area contributed by atoms with Crippen molar-refractivity contribution in [3.8, 4) is 5.69 Å². The van der Waals surface area contributed by atoms with Crippen molar-refractivity contribution >= 4 is 29.6 Å². The van der Waals surface area contributed by atoms with Crippen molar-refractivity contribution in [2.75, 3.05) is 5.75 Å². The SMILES string of the molecule is Cc1ccc(-n2ccnc2SCC(=O)NN2C(=O)NC(C)(c3ccccc3)C2=O)cc1C. The standard InChI is InChI=1S/C23H23N5O3S/c1-15-9-10-18(13-16(15)2)27-12-11-24-22(27)32-14-19(29)26-28-20(30)23(3,25-21(28)31)17-7-5-4-6-8-17/h4-13H,14H2,1-3H3,(H,25,31)(H,26,29). The molecule has 1 aromatic heterocycles. The Morgan fingerprint density at radius 3 is 2.59 bits per heavy atom. The highest BCUT2D eigenvalue weighted by atomic mass is 32.2. The van der Waals surface area contributed by atoms with Crippen LogP contribution in [0.25, 0.3) is 5.69 Å². The van der Waals surface area contributed by atoms with Gasteiger partial charge in [-0.1, -0.05) is 48.2 Å². The molecule has 1 aliphatic heterocycles. The van der Waals surface area contributed by atoms with Crippen LogP contribution in [0.3, 0.4) is 0 Å². The number of carbonyl (C=O) groups excluding carboxylic acids is 3. The fourth-order valence-electron chi connectivity index (χ4n) is 3.46. The maximum Gasteiger partial charge on any atom is 0.344 e. The van der Waals surface area contributed by atoms with E-state index >= 15 is 0 Å². The number of thioether (sulfide) groups is 1. The quantitative estimate of drug-likeness (QED) is 0.445. The van der Waals surface area contributed by atoms with E-state index in [4.69, 9.17) is 0 Å². The lowest BCUT2D eigenvalue weighted by Crippen LogP contribution is -2.48. The van der Waals surface area contributed by atoms with E-state index in [1.54, 1.807) is 37.4 Å². The molecule has 32 heavy (non-hydrogen) atoms. The predicted octanol–water partition coefficient (Wildman–Crippen LogP) is 3.08. The van der Waals surface area contributed by atoms with E-state index in [-0.39, 0.29) is 5.75 Å². The summed E-state index contributed by atoms with van der Waals surface area (Å²) in [5.74, 6) is -1.03. The Kier molecular flexibility index (Phi) is 5.75. The highest BCUT2D eigenvalue weighted by molar-refractivity contribution is 7.99. The molecule has 9 heteroatoms. The zero-order valence-electron chi connectivity index (χ0n) is 18.0. The summed E-state index contributed by atoms with van der Waals surface area (Å²) in [6, 6.07) is 14.3. The largest absolute Gasteiger partial charge is 0.344 e. The maximum absolute atomic E-state index is 12.9. The van der Waals surface area contributed by atoms with Gasteiger partial charge in [-0.05, 0) is 49.6 Å². The minimum absolute atomic E-state index is 0.0129. The molecule has 0 spiro atoms.